The summed E-state index contributed by atoms with van der Waals surface area (Å²) in [7, 11) is -3.43. The Bertz CT molecular complexity index is 480. The van der Waals surface area contributed by atoms with Crippen LogP contribution in [0.25, 0.3) is 0 Å². The molecule has 1 rings (SSSR count). The molecule has 0 fully saturated rings. The summed E-state index contributed by atoms with van der Waals surface area (Å²) in [4.78, 5) is 0.301. The van der Waals surface area contributed by atoms with E-state index < -0.39 is 10.0 Å². The summed E-state index contributed by atoms with van der Waals surface area (Å²) >= 11 is 0. The first-order chi connectivity index (χ1) is 8.56. The lowest BCUT2D eigenvalue weighted by atomic mass is 10.2. The van der Waals surface area contributed by atoms with Crippen molar-refractivity contribution in [3.8, 4) is 0 Å². The molecular formula is C13H20N2O2S. The number of nitrogens with zero attached hydrogens (tertiary/aromatic N) is 1. The third-order valence-corrected chi connectivity index (χ3v) is 4.48. The molecular weight excluding hydrogens is 248 g/mol. The summed E-state index contributed by atoms with van der Waals surface area (Å²) in [6.07, 6.45) is 2.37. The molecule has 0 spiro atoms. The second-order valence-corrected chi connectivity index (χ2v) is 5.94. The molecule has 2 N–H and O–H groups in total. The highest BCUT2D eigenvalue weighted by molar-refractivity contribution is 7.89. The second-order valence-electron chi connectivity index (χ2n) is 4.00. The van der Waals surface area contributed by atoms with E-state index >= 15 is 0 Å². The van der Waals surface area contributed by atoms with Crippen molar-refractivity contribution >= 4 is 10.0 Å². The van der Waals surface area contributed by atoms with E-state index in [9.17, 15) is 8.42 Å². The molecule has 0 aliphatic carbocycles. The van der Waals surface area contributed by atoms with Gasteiger partial charge in [0.1, 0.15) is 0 Å². The lowest BCUT2D eigenvalue weighted by Gasteiger charge is -2.20. The van der Waals surface area contributed by atoms with E-state index in [2.05, 4.69) is 6.58 Å². The molecule has 0 atom stereocenters. The summed E-state index contributed by atoms with van der Waals surface area (Å²) in [5, 5.41) is 0. The highest BCUT2D eigenvalue weighted by Crippen LogP contribution is 2.16. The Morgan fingerprint density at radius 3 is 2.39 bits per heavy atom. The molecule has 0 saturated carbocycles. The minimum atomic E-state index is -3.43. The summed E-state index contributed by atoms with van der Waals surface area (Å²) in [5.41, 5.74) is 6.41. The number of hydrogen-bond donors (Lipinski definition) is 1. The molecule has 0 bridgehead atoms. The molecule has 0 unspecified atom stereocenters. The molecule has 0 aliphatic rings. The van der Waals surface area contributed by atoms with Crippen molar-refractivity contribution in [1.82, 2.24) is 4.31 Å². The van der Waals surface area contributed by atoms with Crippen LogP contribution in [0.4, 0.5) is 0 Å². The smallest absolute Gasteiger partial charge is 0.243 e. The predicted molar refractivity (Wildman–Crippen MR) is 73.6 cm³/mol. The van der Waals surface area contributed by atoms with Gasteiger partial charge in [0.25, 0.3) is 0 Å². The molecule has 100 valence electrons. The summed E-state index contributed by atoms with van der Waals surface area (Å²) < 4.78 is 26.1. The van der Waals surface area contributed by atoms with Gasteiger partial charge in [0.15, 0.2) is 0 Å². The van der Waals surface area contributed by atoms with Crippen LogP contribution in [0.5, 0.6) is 0 Å². The van der Waals surface area contributed by atoms with Crippen molar-refractivity contribution in [2.75, 3.05) is 13.1 Å². The van der Waals surface area contributed by atoms with Crippen LogP contribution in [-0.2, 0) is 16.6 Å². The van der Waals surface area contributed by atoms with Gasteiger partial charge in [-0.15, -0.1) is 6.58 Å². The van der Waals surface area contributed by atoms with Gasteiger partial charge >= 0.3 is 0 Å². The van der Waals surface area contributed by atoms with Gasteiger partial charge in [-0.3, -0.25) is 0 Å². The molecule has 0 radical (unpaired) electrons. The van der Waals surface area contributed by atoms with Gasteiger partial charge in [-0.1, -0.05) is 25.1 Å². The summed E-state index contributed by atoms with van der Waals surface area (Å²) in [6, 6.07) is 6.68. The fourth-order valence-electron chi connectivity index (χ4n) is 1.65. The first-order valence-electron chi connectivity index (χ1n) is 5.96. The van der Waals surface area contributed by atoms with E-state index in [1.807, 2.05) is 6.92 Å². The van der Waals surface area contributed by atoms with E-state index in [0.717, 1.165) is 12.0 Å². The van der Waals surface area contributed by atoms with Gasteiger partial charge < -0.3 is 5.73 Å². The zero-order valence-electron chi connectivity index (χ0n) is 10.7. The van der Waals surface area contributed by atoms with Crippen LogP contribution in [0.15, 0.2) is 41.8 Å². The molecule has 5 heteroatoms. The maximum atomic E-state index is 12.4. The Morgan fingerprint density at radius 1 is 1.33 bits per heavy atom. The molecule has 4 nitrogen and oxygen atoms in total. The lowest BCUT2D eigenvalue weighted by molar-refractivity contribution is 0.441. The monoisotopic (exact) mass is 268 g/mol. The van der Waals surface area contributed by atoms with Gasteiger partial charge in [0.05, 0.1) is 4.90 Å². The molecule has 18 heavy (non-hydrogen) atoms. The molecule has 0 heterocycles. The second kappa shape index (κ2) is 6.68. The van der Waals surface area contributed by atoms with Gasteiger partial charge in [0.2, 0.25) is 10.0 Å². The fourth-order valence-corrected chi connectivity index (χ4v) is 3.15. The van der Waals surface area contributed by atoms with Crippen LogP contribution in [-0.4, -0.2) is 25.8 Å². The quantitative estimate of drug-likeness (QED) is 0.766. The average molecular weight is 268 g/mol. The normalized spacial score (nSPS) is 11.7. The SMILES string of the molecule is C=CCN(CCC)S(=O)(=O)c1ccc(CN)cc1. The Morgan fingerprint density at radius 2 is 1.94 bits per heavy atom. The maximum absolute atomic E-state index is 12.4. The highest BCUT2D eigenvalue weighted by atomic mass is 32.2. The van der Waals surface area contributed by atoms with Gasteiger partial charge in [-0.05, 0) is 24.1 Å². The van der Waals surface area contributed by atoms with Crippen LogP contribution in [0.2, 0.25) is 0 Å². The van der Waals surface area contributed by atoms with Crippen molar-refractivity contribution < 1.29 is 8.42 Å². The molecule has 0 saturated heterocycles. The lowest BCUT2D eigenvalue weighted by Crippen LogP contribution is -2.32. The average Bonchev–Trinajstić information content (AvgIpc) is 2.38. The predicted octanol–water partition coefficient (Wildman–Crippen LogP) is 1.73. The fraction of sp³-hybridized carbons (Fsp3) is 0.385. The van der Waals surface area contributed by atoms with Crippen molar-refractivity contribution in [3.05, 3.63) is 42.5 Å². The van der Waals surface area contributed by atoms with Crippen LogP contribution >= 0.6 is 0 Å². The van der Waals surface area contributed by atoms with Crippen LogP contribution in [0.1, 0.15) is 18.9 Å². The molecule has 0 aliphatic heterocycles. The molecule has 1 aromatic carbocycles. The Balaban J connectivity index is 3.04. The van der Waals surface area contributed by atoms with E-state index in [0.29, 0.717) is 24.5 Å². The number of rotatable bonds is 7. The van der Waals surface area contributed by atoms with E-state index in [1.165, 1.54) is 4.31 Å². The topological polar surface area (TPSA) is 63.4 Å². The van der Waals surface area contributed by atoms with E-state index in [4.69, 9.17) is 5.73 Å². The van der Waals surface area contributed by atoms with Gasteiger partial charge in [-0.25, -0.2) is 8.42 Å². The van der Waals surface area contributed by atoms with Crippen molar-refractivity contribution in [3.63, 3.8) is 0 Å². The molecule has 0 aromatic heterocycles. The molecule has 0 amide bonds. The zero-order chi connectivity index (χ0) is 13.6. The van der Waals surface area contributed by atoms with Crippen molar-refractivity contribution in [2.24, 2.45) is 5.73 Å². The van der Waals surface area contributed by atoms with Crippen molar-refractivity contribution in [2.45, 2.75) is 24.8 Å². The first-order valence-corrected chi connectivity index (χ1v) is 7.40. The van der Waals surface area contributed by atoms with Crippen LogP contribution in [0, 0.1) is 0 Å². The summed E-state index contributed by atoms with van der Waals surface area (Å²) in [5.74, 6) is 0. The third-order valence-electron chi connectivity index (χ3n) is 2.60. The Hall–Kier alpha value is -1.17. The Kier molecular flexibility index (Phi) is 5.53. The maximum Gasteiger partial charge on any atom is 0.243 e. The van der Waals surface area contributed by atoms with Gasteiger partial charge in [0, 0.05) is 19.6 Å². The van der Waals surface area contributed by atoms with Crippen molar-refractivity contribution in [1.29, 1.82) is 0 Å². The minimum Gasteiger partial charge on any atom is -0.326 e. The highest BCUT2D eigenvalue weighted by Gasteiger charge is 2.22. The first kappa shape index (κ1) is 14.9. The standard InChI is InChI=1S/C13H20N2O2S/c1-3-9-15(10-4-2)18(16,17)13-7-5-12(11-14)6-8-13/h3,5-8H,1,4,9-11,14H2,2H3. The number of nitrogens with two attached hydrogens (primary N) is 1. The van der Waals surface area contributed by atoms with Crippen LogP contribution < -0.4 is 5.73 Å². The van der Waals surface area contributed by atoms with Gasteiger partial charge in [-0.2, -0.15) is 4.31 Å². The minimum absolute atomic E-state index is 0.301. The number of benzene rings is 1. The van der Waals surface area contributed by atoms with Crippen LogP contribution in [0.3, 0.4) is 0 Å². The number of sulfonamides is 1. The number of hydrogen-bond acceptors (Lipinski definition) is 3. The Labute approximate surface area is 109 Å². The van der Waals surface area contributed by atoms with E-state index in [-0.39, 0.29) is 0 Å². The van der Waals surface area contributed by atoms with E-state index in [1.54, 1.807) is 30.3 Å². The largest absolute Gasteiger partial charge is 0.326 e. The third kappa shape index (κ3) is 3.41. The zero-order valence-corrected chi connectivity index (χ0v) is 11.5. The molecule has 1 aromatic rings. The summed E-state index contributed by atoms with van der Waals surface area (Å²) in [6.45, 7) is 6.77.